The molecule has 0 fully saturated rings. The Morgan fingerprint density at radius 1 is 1.29 bits per heavy atom. The monoisotopic (exact) mass is 281 g/mol. The third kappa shape index (κ3) is 3.21. The maximum atomic E-state index is 10.8. The summed E-state index contributed by atoms with van der Waals surface area (Å²) in [7, 11) is -4.18. The van der Waals surface area contributed by atoms with Crippen LogP contribution in [0.5, 0.6) is 0 Å². The number of hydrogen-bond donors (Lipinski definition) is 2. The van der Waals surface area contributed by atoms with Crippen LogP contribution in [0.2, 0.25) is 0 Å². The fourth-order valence-corrected chi connectivity index (χ4v) is 1.80. The smallest absolute Gasteiger partial charge is 0.282 e. The zero-order valence-corrected chi connectivity index (χ0v) is 12.4. The number of rotatable bonds is 2. The third-order valence-electron chi connectivity index (χ3n) is 1.86. The average molecular weight is 281 g/mol. The summed E-state index contributed by atoms with van der Waals surface area (Å²) in [5.41, 5.74) is 0.572. The average Bonchev–Trinajstić information content (AvgIpc) is 2.63. The van der Waals surface area contributed by atoms with Crippen LogP contribution in [0.1, 0.15) is 0 Å². The van der Waals surface area contributed by atoms with Crippen LogP contribution in [-0.2, 0) is 10.1 Å². The van der Waals surface area contributed by atoms with Gasteiger partial charge in [0.2, 0.25) is 4.77 Å². The van der Waals surface area contributed by atoms with Crippen molar-refractivity contribution in [1.82, 2.24) is 20.2 Å². The number of H-pyrrole nitrogens is 1. The number of hydrogen-bond acceptors (Lipinski definition) is 5. The zero-order chi connectivity index (χ0) is 11.8. The van der Waals surface area contributed by atoms with Crippen molar-refractivity contribution >= 4 is 51.9 Å². The van der Waals surface area contributed by atoms with Crippen molar-refractivity contribution in [3.63, 3.8) is 0 Å². The Hall–Kier alpha value is -0.580. The van der Waals surface area contributed by atoms with Gasteiger partial charge in [-0.05, 0) is 36.5 Å². The van der Waals surface area contributed by atoms with Crippen molar-refractivity contribution in [3.05, 3.63) is 29.0 Å². The second kappa shape index (κ2) is 5.38. The van der Waals surface area contributed by atoms with Crippen molar-refractivity contribution in [3.8, 4) is 5.69 Å². The first-order valence-electron chi connectivity index (χ1n) is 4.06. The summed E-state index contributed by atoms with van der Waals surface area (Å²) in [6, 6.07) is 5.46. The SMILES string of the molecule is O=S(=O)(O)c1ccc(-n2[nH]nnc2=S)cc1.[Na]. The van der Waals surface area contributed by atoms with Gasteiger partial charge in [-0.3, -0.25) is 4.55 Å². The molecule has 0 unspecified atom stereocenters. The first-order chi connectivity index (χ1) is 7.48. The quantitative estimate of drug-likeness (QED) is 0.463. The van der Waals surface area contributed by atoms with Crippen molar-refractivity contribution in [1.29, 1.82) is 0 Å². The molecule has 1 heterocycles. The Morgan fingerprint density at radius 2 is 1.88 bits per heavy atom. The molecular weight excluding hydrogens is 275 g/mol. The van der Waals surface area contributed by atoms with E-state index in [-0.39, 0.29) is 39.2 Å². The summed E-state index contributed by atoms with van der Waals surface area (Å²) < 4.78 is 32.0. The van der Waals surface area contributed by atoms with Gasteiger partial charge in [-0.25, -0.2) is 4.68 Å². The van der Waals surface area contributed by atoms with E-state index in [0.29, 0.717) is 5.69 Å². The van der Waals surface area contributed by atoms with Gasteiger partial charge in [-0.2, -0.15) is 13.6 Å². The Morgan fingerprint density at radius 3 is 2.29 bits per heavy atom. The van der Waals surface area contributed by atoms with Gasteiger partial charge in [0.15, 0.2) is 0 Å². The van der Waals surface area contributed by atoms with Crippen LogP contribution < -0.4 is 0 Å². The van der Waals surface area contributed by atoms with E-state index >= 15 is 0 Å². The van der Waals surface area contributed by atoms with Gasteiger partial charge in [0.1, 0.15) is 0 Å². The minimum Gasteiger partial charge on any atom is -0.282 e. The molecule has 0 aliphatic carbocycles. The predicted octanol–water partition coefficient (Wildman–Crippen LogP) is 0.191. The molecule has 85 valence electrons. The molecule has 0 amide bonds. The van der Waals surface area contributed by atoms with Crippen LogP contribution in [0.3, 0.4) is 0 Å². The van der Waals surface area contributed by atoms with Crippen molar-refractivity contribution in [2.75, 3.05) is 0 Å². The Kier molecular flexibility index (Phi) is 4.58. The number of benzene rings is 1. The van der Waals surface area contributed by atoms with Crippen LogP contribution in [0.25, 0.3) is 5.69 Å². The Balaban J connectivity index is 0.00000144. The minimum atomic E-state index is -4.18. The van der Waals surface area contributed by atoms with Gasteiger partial charge in [-0.1, -0.05) is 10.3 Å². The molecule has 1 aromatic heterocycles. The van der Waals surface area contributed by atoms with Crippen molar-refractivity contribution in [2.24, 2.45) is 0 Å². The topological polar surface area (TPSA) is 101 Å². The number of nitrogens with zero attached hydrogens (tertiary/aromatic N) is 3. The third-order valence-corrected chi connectivity index (χ3v) is 3.00. The van der Waals surface area contributed by atoms with E-state index in [1.807, 2.05) is 0 Å². The molecule has 10 heteroatoms. The molecule has 0 bridgehead atoms. The number of aromatic amines is 1. The molecule has 0 saturated carbocycles. The summed E-state index contributed by atoms with van der Waals surface area (Å²) in [6.45, 7) is 0. The zero-order valence-electron chi connectivity index (χ0n) is 8.73. The molecule has 17 heavy (non-hydrogen) atoms. The molecule has 7 nitrogen and oxygen atoms in total. The summed E-state index contributed by atoms with van der Waals surface area (Å²) >= 11 is 4.86. The molecule has 0 atom stereocenters. The van der Waals surface area contributed by atoms with Crippen LogP contribution >= 0.6 is 12.2 Å². The van der Waals surface area contributed by atoms with Crippen LogP contribution in [0, 0.1) is 4.77 Å². The number of aromatic nitrogens is 4. The van der Waals surface area contributed by atoms with E-state index < -0.39 is 10.1 Å². The molecule has 0 aliphatic heterocycles. The first kappa shape index (κ1) is 14.5. The number of tetrazole rings is 1. The van der Waals surface area contributed by atoms with Gasteiger partial charge < -0.3 is 0 Å². The largest absolute Gasteiger partial charge is 0.294 e. The molecule has 1 aromatic carbocycles. The normalized spacial score (nSPS) is 10.9. The summed E-state index contributed by atoms with van der Waals surface area (Å²) in [6.07, 6.45) is 0. The Labute approximate surface area is 124 Å². The first-order valence-corrected chi connectivity index (χ1v) is 5.91. The van der Waals surface area contributed by atoms with Crippen LogP contribution in [0.15, 0.2) is 29.2 Å². The van der Waals surface area contributed by atoms with Gasteiger partial charge in [0.05, 0.1) is 10.6 Å². The summed E-state index contributed by atoms with van der Waals surface area (Å²) in [5, 5.41) is 9.57. The second-order valence-corrected chi connectivity index (χ2v) is 4.67. The fraction of sp³-hybridized carbons (Fsp3) is 0. The molecule has 2 aromatic rings. The van der Waals surface area contributed by atoms with E-state index in [2.05, 4.69) is 15.5 Å². The molecule has 0 saturated heterocycles. The van der Waals surface area contributed by atoms with Gasteiger partial charge in [0.25, 0.3) is 10.1 Å². The molecule has 2 N–H and O–H groups in total. The minimum absolute atomic E-state index is 0. The van der Waals surface area contributed by atoms with Gasteiger partial charge >= 0.3 is 0 Å². The standard InChI is InChI=1S/C7H6N4O3S2.Na/c12-16(13,14)6-3-1-5(2-4-6)11-7(15)8-9-10-11;/h1-4H,(H,8,10,15)(H,12,13,14);. The molecule has 2 rings (SSSR count). The summed E-state index contributed by atoms with van der Waals surface area (Å²) in [4.78, 5) is -0.185. The molecule has 1 radical (unpaired) electrons. The van der Waals surface area contributed by atoms with Crippen molar-refractivity contribution in [2.45, 2.75) is 4.90 Å². The molecule has 0 spiro atoms. The summed E-state index contributed by atoms with van der Waals surface area (Å²) in [5.74, 6) is 0. The second-order valence-electron chi connectivity index (χ2n) is 2.89. The molecule has 0 aliphatic rings. The Bertz CT molecular complexity index is 661. The van der Waals surface area contributed by atoms with Crippen molar-refractivity contribution < 1.29 is 13.0 Å². The van der Waals surface area contributed by atoms with E-state index in [4.69, 9.17) is 16.8 Å². The van der Waals surface area contributed by atoms with Gasteiger partial charge in [-0.15, -0.1) is 0 Å². The predicted molar refractivity (Wildman–Crippen MR) is 62.1 cm³/mol. The van der Waals surface area contributed by atoms with Crippen LogP contribution in [-0.4, -0.2) is 62.7 Å². The van der Waals surface area contributed by atoms with E-state index in [1.165, 1.54) is 28.9 Å². The van der Waals surface area contributed by atoms with E-state index in [9.17, 15) is 8.42 Å². The maximum absolute atomic E-state index is 10.8. The van der Waals surface area contributed by atoms with E-state index in [0.717, 1.165) is 0 Å². The van der Waals surface area contributed by atoms with E-state index in [1.54, 1.807) is 0 Å². The fourth-order valence-electron chi connectivity index (χ4n) is 1.13. The van der Waals surface area contributed by atoms with Gasteiger partial charge in [0, 0.05) is 29.6 Å². The van der Waals surface area contributed by atoms with Crippen LogP contribution in [0.4, 0.5) is 0 Å². The maximum Gasteiger partial charge on any atom is 0.294 e. The number of nitrogens with one attached hydrogen (secondary N) is 1. The molecular formula is C7H6N4NaO3S2.